The number of amides is 1. The summed E-state index contributed by atoms with van der Waals surface area (Å²) in [6.07, 6.45) is 0. The maximum Gasteiger partial charge on any atom is 0.325 e. The van der Waals surface area contributed by atoms with Crippen molar-refractivity contribution in [2.24, 2.45) is 0 Å². The minimum Gasteiger partial charge on any atom is -0.468 e. The van der Waals surface area contributed by atoms with E-state index in [9.17, 15) is 9.59 Å². The Labute approximate surface area is 124 Å². The number of methoxy groups -OCH3 is 1. The van der Waals surface area contributed by atoms with Gasteiger partial charge in [-0.05, 0) is 30.7 Å². The normalized spacial score (nSPS) is 10.7. The zero-order chi connectivity index (χ0) is 15.4. The first kappa shape index (κ1) is 15.0. The van der Waals surface area contributed by atoms with Crippen molar-refractivity contribution in [1.82, 2.24) is 4.90 Å². The molecule has 0 aliphatic rings. The minimum atomic E-state index is -0.419. The molecule has 2 rings (SSSR count). The van der Waals surface area contributed by atoms with Crippen molar-refractivity contribution in [3.63, 3.8) is 0 Å². The lowest BCUT2D eigenvalue weighted by atomic mass is 10.0. The Hall–Kier alpha value is -2.36. The first-order valence-corrected chi connectivity index (χ1v) is 6.90. The molecule has 2 aromatic carbocycles. The summed E-state index contributed by atoms with van der Waals surface area (Å²) in [6, 6.07) is 13.2. The fourth-order valence-electron chi connectivity index (χ4n) is 2.26. The number of carbonyl (C=O) groups is 2. The van der Waals surface area contributed by atoms with Crippen LogP contribution in [0.1, 0.15) is 24.2 Å². The molecule has 0 spiro atoms. The van der Waals surface area contributed by atoms with E-state index in [0.29, 0.717) is 5.56 Å². The van der Waals surface area contributed by atoms with E-state index < -0.39 is 5.97 Å². The molecular weight excluding hydrogens is 266 g/mol. The molecule has 2 aromatic rings. The number of hydrogen-bond acceptors (Lipinski definition) is 3. The number of hydrogen-bond donors (Lipinski definition) is 0. The number of nitrogens with zero attached hydrogens (tertiary/aromatic N) is 1. The standard InChI is InChI=1S/C17H19NO3/c1-12(2)18(11-16(19)21-3)17(20)15-10-6-8-13-7-4-5-9-14(13)15/h4-10,12H,11H2,1-3H3. The fourth-order valence-corrected chi connectivity index (χ4v) is 2.26. The zero-order valence-corrected chi connectivity index (χ0v) is 12.5. The van der Waals surface area contributed by atoms with Crippen molar-refractivity contribution in [1.29, 1.82) is 0 Å². The zero-order valence-electron chi connectivity index (χ0n) is 12.5. The Balaban J connectivity index is 2.41. The number of fused-ring (bicyclic) bond motifs is 1. The molecule has 0 aliphatic heterocycles. The van der Waals surface area contributed by atoms with Gasteiger partial charge < -0.3 is 9.64 Å². The highest BCUT2D eigenvalue weighted by molar-refractivity contribution is 6.07. The smallest absolute Gasteiger partial charge is 0.325 e. The summed E-state index contributed by atoms with van der Waals surface area (Å²) in [7, 11) is 1.32. The van der Waals surface area contributed by atoms with Crippen LogP contribution in [0.25, 0.3) is 10.8 Å². The molecule has 0 radical (unpaired) electrons. The van der Waals surface area contributed by atoms with Crippen molar-refractivity contribution in [3.8, 4) is 0 Å². The van der Waals surface area contributed by atoms with Gasteiger partial charge in [0.2, 0.25) is 0 Å². The summed E-state index contributed by atoms with van der Waals surface area (Å²) in [6.45, 7) is 3.72. The Morgan fingerprint density at radius 2 is 1.76 bits per heavy atom. The second-order valence-electron chi connectivity index (χ2n) is 5.13. The van der Waals surface area contributed by atoms with Crippen LogP contribution in [-0.2, 0) is 9.53 Å². The Kier molecular flexibility index (Phi) is 4.58. The van der Waals surface area contributed by atoms with Crippen LogP contribution >= 0.6 is 0 Å². The maximum absolute atomic E-state index is 12.8. The van der Waals surface area contributed by atoms with E-state index in [2.05, 4.69) is 4.74 Å². The number of esters is 1. The van der Waals surface area contributed by atoms with Gasteiger partial charge in [-0.1, -0.05) is 36.4 Å². The number of rotatable bonds is 4. The van der Waals surface area contributed by atoms with Gasteiger partial charge >= 0.3 is 5.97 Å². The molecule has 4 nitrogen and oxygen atoms in total. The SMILES string of the molecule is COC(=O)CN(C(=O)c1cccc2ccccc12)C(C)C. The lowest BCUT2D eigenvalue weighted by Crippen LogP contribution is -2.41. The molecule has 4 heteroatoms. The van der Waals surface area contributed by atoms with Crippen LogP contribution in [-0.4, -0.2) is 36.5 Å². The predicted molar refractivity (Wildman–Crippen MR) is 82.1 cm³/mol. The summed E-state index contributed by atoms with van der Waals surface area (Å²) < 4.78 is 4.67. The monoisotopic (exact) mass is 285 g/mol. The number of ether oxygens (including phenoxy) is 1. The van der Waals surface area contributed by atoms with Crippen molar-refractivity contribution < 1.29 is 14.3 Å². The highest BCUT2D eigenvalue weighted by Crippen LogP contribution is 2.20. The Morgan fingerprint density at radius 3 is 2.43 bits per heavy atom. The summed E-state index contributed by atoms with van der Waals surface area (Å²) in [5.74, 6) is -0.579. The van der Waals surface area contributed by atoms with Crippen molar-refractivity contribution >= 4 is 22.6 Å². The largest absolute Gasteiger partial charge is 0.468 e. The molecule has 21 heavy (non-hydrogen) atoms. The molecule has 1 amide bonds. The predicted octanol–water partition coefficient (Wildman–Crippen LogP) is 2.86. The topological polar surface area (TPSA) is 46.6 Å². The third-order valence-corrected chi connectivity index (χ3v) is 3.43. The van der Waals surface area contributed by atoms with Crippen LogP contribution in [0.2, 0.25) is 0 Å². The van der Waals surface area contributed by atoms with Gasteiger partial charge in [0, 0.05) is 11.6 Å². The second kappa shape index (κ2) is 6.39. The Bertz CT molecular complexity index is 659. The van der Waals surface area contributed by atoms with E-state index >= 15 is 0 Å². The van der Waals surface area contributed by atoms with Crippen LogP contribution in [0.5, 0.6) is 0 Å². The van der Waals surface area contributed by atoms with Crippen LogP contribution in [0.4, 0.5) is 0 Å². The molecule has 0 heterocycles. The summed E-state index contributed by atoms with van der Waals surface area (Å²) in [5.41, 5.74) is 0.603. The van der Waals surface area contributed by atoms with Gasteiger partial charge in [0.1, 0.15) is 6.54 Å². The van der Waals surface area contributed by atoms with E-state index in [4.69, 9.17) is 0 Å². The first-order chi connectivity index (χ1) is 10.0. The molecule has 0 fully saturated rings. The maximum atomic E-state index is 12.8. The molecule has 0 aromatic heterocycles. The van der Waals surface area contributed by atoms with Crippen LogP contribution in [0, 0.1) is 0 Å². The van der Waals surface area contributed by atoms with E-state index in [1.165, 1.54) is 12.0 Å². The van der Waals surface area contributed by atoms with Crippen LogP contribution in [0.3, 0.4) is 0 Å². The molecule has 0 N–H and O–H groups in total. The molecular formula is C17H19NO3. The number of benzene rings is 2. The summed E-state index contributed by atoms with van der Waals surface area (Å²) in [4.78, 5) is 25.8. The van der Waals surface area contributed by atoms with Crippen LogP contribution in [0.15, 0.2) is 42.5 Å². The van der Waals surface area contributed by atoms with Gasteiger partial charge in [0.05, 0.1) is 7.11 Å². The van der Waals surface area contributed by atoms with Crippen molar-refractivity contribution in [2.45, 2.75) is 19.9 Å². The number of carbonyl (C=O) groups excluding carboxylic acids is 2. The molecule has 0 aliphatic carbocycles. The third-order valence-electron chi connectivity index (χ3n) is 3.43. The molecule has 110 valence electrons. The third kappa shape index (κ3) is 3.21. The average molecular weight is 285 g/mol. The molecule has 0 bridgehead atoms. The molecule has 0 saturated heterocycles. The quantitative estimate of drug-likeness (QED) is 0.811. The average Bonchev–Trinajstić information content (AvgIpc) is 2.50. The minimum absolute atomic E-state index is 0.0454. The lowest BCUT2D eigenvalue weighted by Gasteiger charge is -2.26. The van der Waals surface area contributed by atoms with E-state index in [0.717, 1.165) is 10.8 Å². The molecule has 0 atom stereocenters. The molecule has 0 saturated carbocycles. The lowest BCUT2D eigenvalue weighted by molar-refractivity contribution is -0.141. The van der Waals surface area contributed by atoms with Crippen molar-refractivity contribution in [3.05, 3.63) is 48.0 Å². The van der Waals surface area contributed by atoms with E-state index in [-0.39, 0.29) is 18.5 Å². The van der Waals surface area contributed by atoms with Gasteiger partial charge in [0.15, 0.2) is 0 Å². The Morgan fingerprint density at radius 1 is 1.10 bits per heavy atom. The fraction of sp³-hybridized carbons (Fsp3) is 0.294. The highest BCUT2D eigenvalue weighted by atomic mass is 16.5. The van der Waals surface area contributed by atoms with Gasteiger partial charge in [-0.3, -0.25) is 9.59 Å². The van der Waals surface area contributed by atoms with Gasteiger partial charge in [-0.25, -0.2) is 0 Å². The van der Waals surface area contributed by atoms with Gasteiger partial charge in [0.25, 0.3) is 5.91 Å². The van der Waals surface area contributed by atoms with E-state index in [1.54, 1.807) is 6.07 Å². The summed E-state index contributed by atoms with van der Waals surface area (Å²) >= 11 is 0. The first-order valence-electron chi connectivity index (χ1n) is 6.90. The highest BCUT2D eigenvalue weighted by Gasteiger charge is 2.23. The second-order valence-corrected chi connectivity index (χ2v) is 5.13. The van der Waals surface area contributed by atoms with Crippen molar-refractivity contribution in [2.75, 3.05) is 13.7 Å². The molecule has 0 unspecified atom stereocenters. The van der Waals surface area contributed by atoms with Crippen LogP contribution < -0.4 is 0 Å². The summed E-state index contributed by atoms with van der Waals surface area (Å²) in [5, 5.41) is 1.89. The van der Waals surface area contributed by atoms with Gasteiger partial charge in [-0.2, -0.15) is 0 Å². The van der Waals surface area contributed by atoms with E-state index in [1.807, 2.05) is 50.2 Å². The van der Waals surface area contributed by atoms with Gasteiger partial charge in [-0.15, -0.1) is 0 Å².